The van der Waals surface area contributed by atoms with Crippen LogP contribution < -0.4 is 10.2 Å². The molecule has 12 nitrogen and oxygen atoms in total. The average molecular weight is 816 g/mol. The van der Waals surface area contributed by atoms with E-state index in [1.807, 2.05) is 41.4 Å². The summed E-state index contributed by atoms with van der Waals surface area (Å²) < 4.78 is 3.29. The second kappa shape index (κ2) is 13.8. The van der Waals surface area contributed by atoms with Crippen molar-refractivity contribution in [3.05, 3.63) is 65.1 Å². The number of hydrogen-bond donors (Lipinski definition) is 3. The number of fused-ring (bicyclic) bond motifs is 4. The van der Waals surface area contributed by atoms with Crippen molar-refractivity contribution in [3.8, 4) is 11.1 Å². The number of aliphatic hydroxyl groups excluding tert-OH is 1. The number of carbonyl (C=O) groups is 1. The number of para-hydroxylation sites is 1. The topological polar surface area (TPSA) is 145 Å². The lowest BCUT2D eigenvalue weighted by molar-refractivity contribution is -0.174. The predicted octanol–water partition coefficient (Wildman–Crippen LogP) is 8.95. The number of carboxylic acids is 1. The first-order valence-corrected chi connectivity index (χ1v) is 22.4. The first kappa shape index (κ1) is 38.7. The molecule has 4 aliphatic carbocycles. The van der Waals surface area contributed by atoms with Crippen LogP contribution in [-0.4, -0.2) is 84.3 Å². The van der Waals surface area contributed by atoms with Crippen LogP contribution in [0.5, 0.6) is 0 Å². The number of hydrogen-bond acceptors (Lipinski definition) is 11. The lowest BCUT2D eigenvalue weighted by Crippen LogP contribution is -2.58. The lowest BCUT2D eigenvalue weighted by atomic mass is 9.38. The van der Waals surface area contributed by atoms with Crippen LogP contribution in [-0.2, 0) is 13.0 Å². The molecule has 1 aromatic carbocycles. The molecular weight excluding hydrogens is 759 g/mol. The maximum Gasteiger partial charge on any atom is 0.355 e. The number of nitrogens with zero attached hydrogens (tertiary/aromatic N) is 8. The molecule has 4 fully saturated rings. The average Bonchev–Trinajstić information content (AvgIpc) is 3.86. The van der Waals surface area contributed by atoms with E-state index in [-0.39, 0.29) is 17.7 Å². The Bertz CT molecular complexity index is 2450. The van der Waals surface area contributed by atoms with Gasteiger partial charge in [-0.15, -0.1) is 10.2 Å². The Labute approximate surface area is 350 Å². The van der Waals surface area contributed by atoms with Gasteiger partial charge in [0.25, 0.3) is 0 Å². The van der Waals surface area contributed by atoms with Crippen LogP contribution in [0.25, 0.3) is 21.3 Å². The summed E-state index contributed by atoms with van der Waals surface area (Å²) in [5.41, 5.74) is 7.21. The molecule has 310 valence electrons. The highest BCUT2D eigenvalue weighted by atomic mass is 32.1. The van der Waals surface area contributed by atoms with Crippen molar-refractivity contribution >= 4 is 50.1 Å². The first-order valence-electron chi connectivity index (χ1n) is 21.6. The second-order valence-electron chi connectivity index (χ2n) is 19.8. The summed E-state index contributed by atoms with van der Waals surface area (Å²) in [7, 11) is 2.19. The fraction of sp³-hybridized carbons (Fsp3) is 0.565. The number of pyridine rings is 1. The van der Waals surface area contributed by atoms with Crippen LogP contribution in [0, 0.1) is 40.9 Å². The van der Waals surface area contributed by atoms with Crippen LogP contribution in [0.15, 0.2) is 42.6 Å². The molecule has 1 aliphatic heterocycles. The summed E-state index contributed by atoms with van der Waals surface area (Å²) in [6.07, 6.45) is 14.8. The van der Waals surface area contributed by atoms with Crippen molar-refractivity contribution in [2.24, 2.45) is 27.1 Å². The Morgan fingerprint density at radius 2 is 1.80 bits per heavy atom. The third-order valence-corrected chi connectivity index (χ3v) is 16.6. The fourth-order valence-corrected chi connectivity index (χ4v) is 14.9. The Hall–Kier alpha value is -4.46. The first-order chi connectivity index (χ1) is 28.3. The van der Waals surface area contributed by atoms with Gasteiger partial charge >= 0.3 is 5.97 Å². The van der Waals surface area contributed by atoms with Crippen LogP contribution >= 0.6 is 11.3 Å². The number of anilines is 4. The highest BCUT2D eigenvalue weighted by Gasteiger charge is 2.83. The van der Waals surface area contributed by atoms with Crippen molar-refractivity contribution in [2.75, 3.05) is 43.5 Å². The van der Waals surface area contributed by atoms with E-state index in [2.05, 4.69) is 65.9 Å². The number of aliphatic hydroxyl groups is 1. The van der Waals surface area contributed by atoms with Crippen LogP contribution in [0.1, 0.15) is 105 Å². The molecule has 3 N–H and O–H groups in total. The minimum absolute atomic E-state index is 0.0227. The quantitative estimate of drug-likeness (QED) is 0.0988. The van der Waals surface area contributed by atoms with E-state index < -0.39 is 5.97 Å². The standard InChI is InChI=1S/C46H57N9O3S/c1-29-31-11-8-19-54(39(31)52-51-38(29)50-41-48-34-12-6-7-13-35(34)59-41)36-15-14-32(37(49-36)40(57)58)33-21-47-55(30(33)2)28-44-22-42(3)23-45(16-9-17-53(5)18-10-20-56)26-43(4,25-44)46(45,24-42)27-44/h6-7,12-15,21,56H,8-11,16-20,22-28H2,1-5H3,(H,57,58)(H,48,50,51). The Morgan fingerprint density at radius 1 is 0.966 bits per heavy atom. The van der Waals surface area contributed by atoms with Gasteiger partial charge in [-0.25, -0.2) is 14.8 Å². The molecule has 0 radical (unpaired) electrons. The van der Waals surface area contributed by atoms with Crippen molar-refractivity contribution in [1.29, 1.82) is 0 Å². The Morgan fingerprint density at radius 3 is 2.61 bits per heavy atom. The van der Waals surface area contributed by atoms with Gasteiger partial charge in [-0.05, 0) is 149 Å². The van der Waals surface area contributed by atoms with Gasteiger partial charge in [0.15, 0.2) is 22.5 Å². The number of carboxylic acid groups (broad SMARTS) is 1. The zero-order chi connectivity index (χ0) is 41.0. The molecule has 10 rings (SSSR count). The third-order valence-electron chi connectivity index (χ3n) is 15.7. The number of thiazole rings is 1. The van der Waals surface area contributed by atoms with Gasteiger partial charge < -0.3 is 25.3 Å². The minimum Gasteiger partial charge on any atom is -0.476 e. The molecule has 1 spiro atoms. The van der Waals surface area contributed by atoms with Gasteiger partial charge in [0, 0.05) is 54.2 Å². The zero-order valence-electron chi connectivity index (χ0n) is 35.1. The molecule has 5 heterocycles. The van der Waals surface area contributed by atoms with Crippen molar-refractivity contribution in [3.63, 3.8) is 0 Å². The number of rotatable bonds is 14. The van der Waals surface area contributed by atoms with E-state index >= 15 is 0 Å². The molecule has 4 aromatic heterocycles. The van der Waals surface area contributed by atoms with Gasteiger partial charge in [0.2, 0.25) is 0 Å². The smallest absolute Gasteiger partial charge is 0.355 e. The lowest BCUT2D eigenvalue weighted by Gasteiger charge is -2.66. The molecule has 5 aromatic rings. The van der Waals surface area contributed by atoms with Gasteiger partial charge in [-0.1, -0.05) is 37.3 Å². The molecule has 0 amide bonds. The molecule has 5 atom stereocenters. The Kier molecular flexibility index (Phi) is 9.05. The SMILES string of the molecule is Cc1c(Nc2nc3ccccc3s2)nnc2c1CCCN2c1ccc(-c2cnn(CC34CC5(C)CC6(CCCN(C)CCCO)CC(C)(C3)C6(C5)C4)c2C)c(C(=O)O)n1. The summed E-state index contributed by atoms with van der Waals surface area (Å²) >= 11 is 1.58. The van der Waals surface area contributed by atoms with Crippen molar-refractivity contribution < 1.29 is 15.0 Å². The fourth-order valence-electron chi connectivity index (χ4n) is 14.1. The van der Waals surface area contributed by atoms with Crippen molar-refractivity contribution in [1.82, 2.24) is 34.8 Å². The van der Waals surface area contributed by atoms with Gasteiger partial charge in [-0.3, -0.25) is 4.68 Å². The van der Waals surface area contributed by atoms with E-state index in [4.69, 9.17) is 15.1 Å². The monoisotopic (exact) mass is 815 g/mol. The number of benzene rings is 1. The summed E-state index contributed by atoms with van der Waals surface area (Å²) in [5.74, 6) is 0.881. The molecule has 3 bridgehead atoms. The van der Waals surface area contributed by atoms with E-state index in [9.17, 15) is 15.0 Å². The number of aromatic carboxylic acids is 1. The predicted molar refractivity (Wildman–Crippen MR) is 232 cm³/mol. The molecule has 5 aliphatic rings. The van der Waals surface area contributed by atoms with E-state index in [1.165, 1.54) is 51.4 Å². The maximum absolute atomic E-state index is 13.0. The van der Waals surface area contributed by atoms with Crippen LogP contribution in [0.4, 0.5) is 22.6 Å². The zero-order valence-corrected chi connectivity index (χ0v) is 36.0. The van der Waals surface area contributed by atoms with Crippen LogP contribution in [0.3, 0.4) is 0 Å². The Balaban J connectivity index is 0.889. The summed E-state index contributed by atoms with van der Waals surface area (Å²) in [6, 6.07) is 11.9. The van der Waals surface area contributed by atoms with E-state index in [0.29, 0.717) is 51.2 Å². The van der Waals surface area contributed by atoms with Gasteiger partial charge in [0.1, 0.15) is 5.82 Å². The highest BCUT2D eigenvalue weighted by Crippen LogP contribution is 2.92. The summed E-state index contributed by atoms with van der Waals surface area (Å²) in [4.78, 5) is 26.9. The normalized spacial score (nSPS) is 29.0. The maximum atomic E-state index is 13.0. The van der Waals surface area contributed by atoms with Gasteiger partial charge in [-0.2, -0.15) is 5.10 Å². The third kappa shape index (κ3) is 6.03. The second-order valence-corrected chi connectivity index (χ2v) is 20.8. The van der Waals surface area contributed by atoms with Crippen molar-refractivity contribution in [2.45, 2.75) is 105 Å². The van der Waals surface area contributed by atoms with Gasteiger partial charge in [0.05, 0.1) is 16.4 Å². The molecule has 59 heavy (non-hydrogen) atoms. The molecule has 13 heteroatoms. The van der Waals surface area contributed by atoms with E-state index in [1.54, 1.807) is 11.3 Å². The summed E-state index contributed by atoms with van der Waals surface area (Å²) in [6.45, 7) is 13.2. The molecule has 4 saturated carbocycles. The number of aromatic nitrogens is 6. The minimum atomic E-state index is -1.06. The molecule has 5 unspecified atom stereocenters. The molecule has 0 saturated heterocycles. The highest BCUT2D eigenvalue weighted by molar-refractivity contribution is 7.22. The van der Waals surface area contributed by atoms with Crippen LogP contribution in [0.2, 0.25) is 0 Å². The van der Waals surface area contributed by atoms with E-state index in [0.717, 1.165) is 76.6 Å². The molecular formula is C46H57N9O3S. The summed E-state index contributed by atoms with van der Waals surface area (Å²) in [5, 5.41) is 38.4. The number of nitrogens with one attached hydrogen (secondary N) is 1. The largest absolute Gasteiger partial charge is 0.476 e.